The van der Waals surface area contributed by atoms with Crippen molar-refractivity contribution >= 4 is 5.91 Å². The summed E-state index contributed by atoms with van der Waals surface area (Å²) in [5, 5.41) is 0. The number of hydrogen-bond donors (Lipinski definition) is 0. The summed E-state index contributed by atoms with van der Waals surface area (Å²) >= 11 is 0. The molecule has 0 aliphatic carbocycles. The molecule has 122 valence electrons. The molecule has 2 aromatic rings. The molecule has 0 bridgehead atoms. The molecule has 23 heavy (non-hydrogen) atoms. The zero-order valence-corrected chi connectivity index (χ0v) is 13.7. The van der Waals surface area contributed by atoms with Gasteiger partial charge in [0.05, 0.1) is 25.0 Å². The highest BCUT2D eigenvalue weighted by molar-refractivity contribution is 5.95. The van der Waals surface area contributed by atoms with E-state index in [9.17, 15) is 4.79 Å². The Labute approximate surface area is 137 Å². The van der Waals surface area contributed by atoms with Gasteiger partial charge in [-0.05, 0) is 43.5 Å². The summed E-state index contributed by atoms with van der Waals surface area (Å²) in [5.74, 6) is 1.60. The van der Waals surface area contributed by atoms with E-state index in [1.54, 1.807) is 19.4 Å². The molecule has 0 spiro atoms. The van der Waals surface area contributed by atoms with Crippen molar-refractivity contribution in [3.63, 3.8) is 0 Å². The van der Waals surface area contributed by atoms with Crippen LogP contribution < -0.4 is 4.74 Å². The molecule has 1 aromatic heterocycles. The molecule has 1 aliphatic rings. The van der Waals surface area contributed by atoms with Crippen LogP contribution in [-0.4, -0.2) is 24.5 Å². The molecule has 1 aromatic carbocycles. The SMILES string of the molecule is COc1ccc(C2CCCCCN2C(=O)c2ccoc2C)cc1. The van der Waals surface area contributed by atoms with Gasteiger partial charge in [-0.15, -0.1) is 0 Å². The van der Waals surface area contributed by atoms with Crippen LogP contribution in [0.25, 0.3) is 0 Å². The van der Waals surface area contributed by atoms with Gasteiger partial charge in [-0.2, -0.15) is 0 Å². The fourth-order valence-corrected chi connectivity index (χ4v) is 3.29. The number of aryl methyl sites for hydroxylation is 1. The number of nitrogens with zero attached hydrogens (tertiary/aromatic N) is 1. The van der Waals surface area contributed by atoms with Gasteiger partial charge < -0.3 is 14.1 Å². The Balaban J connectivity index is 1.90. The minimum absolute atomic E-state index is 0.0685. The van der Waals surface area contributed by atoms with Crippen molar-refractivity contribution < 1.29 is 13.9 Å². The number of methoxy groups -OCH3 is 1. The number of rotatable bonds is 3. The highest BCUT2D eigenvalue weighted by atomic mass is 16.5. The molecule has 1 amide bonds. The highest BCUT2D eigenvalue weighted by Gasteiger charge is 2.29. The van der Waals surface area contributed by atoms with Gasteiger partial charge in [0.2, 0.25) is 0 Å². The second-order valence-electron chi connectivity index (χ2n) is 6.03. The minimum Gasteiger partial charge on any atom is -0.497 e. The molecule has 1 atom stereocenters. The largest absolute Gasteiger partial charge is 0.497 e. The van der Waals surface area contributed by atoms with E-state index >= 15 is 0 Å². The Morgan fingerprint density at radius 3 is 2.61 bits per heavy atom. The Bertz CT molecular complexity index is 660. The summed E-state index contributed by atoms with van der Waals surface area (Å²) in [6.07, 6.45) is 5.94. The van der Waals surface area contributed by atoms with Crippen molar-refractivity contribution in [1.29, 1.82) is 0 Å². The lowest BCUT2D eigenvalue weighted by Crippen LogP contribution is -2.35. The van der Waals surface area contributed by atoms with Crippen LogP contribution in [0.1, 0.15) is 53.4 Å². The van der Waals surface area contributed by atoms with Crippen molar-refractivity contribution in [2.45, 2.75) is 38.6 Å². The van der Waals surface area contributed by atoms with Gasteiger partial charge in [-0.3, -0.25) is 4.79 Å². The average Bonchev–Trinajstić information content (AvgIpc) is 2.86. The standard InChI is InChI=1S/C19H23NO3/c1-14-17(11-13-23-14)19(21)20-12-5-3-4-6-18(20)15-7-9-16(22-2)10-8-15/h7-11,13,18H,3-6,12H2,1-2H3. The van der Waals surface area contributed by atoms with Crippen molar-refractivity contribution in [1.82, 2.24) is 4.90 Å². The van der Waals surface area contributed by atoms with E-state index in [4.69, 9.17) is 9.15 Å². The fourth-order valence-electron chi connectivity index (χ4n) is 3.29. The maximum absolute atomic E-state index is 13.0. The van der Waals surface area contributed by atoms with Gasteiger partial charge in [0.1, 0.15) is 11.5 Å². The Morgan fingerprint density at radius 1 is 1.17 bits per heavy atom. The molecule has 4 heteroatoms. The molecule has 3 rings (SSSR count). The molecule has 0 N–H and O–H groups in total. The van der Waals surface area contributed by atoms with Gasteiger partial charge in [-0.1, -0.05) is 25.0 Å². The number of hydrogen-bond acceptors (Lipinski definition) is 3. The van der Waals surface area contributed by atoms with Crippen LogP contribution in [0.15, 0.2) is 41.0 Å². The molecule has 1 saturated heterocycles. The number of carbonyl (C=O) groups excluding carboxylic acids is 1. The second kappa shape index (κ2) is 6.90. The van der Waals surface area contributed by atoms with E-state index in [0.29, 0.717) is 11.3 Å². The molecule has 1 unspecified atom stereocenters. The third kappa shape index (κ3) is 3.26. The first-order valence-corrected chi connectivity index (χ1v) is 8.19. The summed E-state index contributed by atoms with van der Waals surface area (Å²) in [6.45, 7) is 2.63. The topological polar surface area (TPSA) is 42.7 Å². The van der Waals surface area contributed by atoms with E-state index < -0.39 is 0 Å². The van der Waals surface area contributed by atoms with Gasteiger partial charge in [0, 0.05) is 6.54 Å². The third-order valence-electron chi connectivity index (χ3n) is 4.60. The maximum atomic E-state index is 13.0. The zero-order valence-electron chi connectivity index (χ0n) is 13.7. The van der Waals surface area contributed by atoms with Crippen molar-refractivity contribution in [3.05, 3.63) is 53.5 Å². The molecule has 0 radical (unpaired) electrons. The predicted octanol–water partition coefficient (Wildman–Crippen LogP) is 4.35. The molecule has 1 aliphatic heterocycles. The van der Waals surface area contributed by atoms with E-state index in [-0.39, 0.29) is 11.9 Å². The van der Waals surface area contributed by atoms with Gasteiger partial charge in [-0.25, -0.2) is 0 Å². The highest BCUT2D eigenvalue weighted by Crippen LogP contribution is 2.32. The lowest BCUT2D eigenvalue weighted by atomic mass is 10.00. The Morgan fingerprint density at radius 2 is 1.96 bits per heavy atom. The fraction of sp³-hybridized carbons (Fsp3) is 0.421. The van der Waals surface area contributed by atoms with Crippen LogP contribution in [0.2, 0.25) is 0 Å². The lowest BCUT2D eigenvalue weighted by Gasteiger charge is -2.30. The van der Waals surface area contributed by atoms with E-state index in [0.717, 1.165) is 31.6 Å². The monoisotopic (exact) mass is 313 g/mol. The summed E-state index contributed by atoms with van der Waals surface area (Å²) in [5.41, 5.74) is 1.84. The van der Waals surface area contributed by atoms with Crippen LogP contribution in [0.3, 0.4) is 0 Å². The lowest BCUT2D eigenvalue weighted by molar-refractivity contribution is 0.0679. The molecule has 4 nitrogen and oxygen atoms in total. The van der Waals surface area contributed by atoms with Crippen molar-refractivity contribution in [2.24, 2.45) is 0 Å². The summed E-state index contributed by atoms with van der Waals surface area (Å²) in [6, 6.07) is 9.95. The number of likely N-dealkylation sites (tertiary alicyclic amines) is 1. The maximum Gasteiger partial charge on any atom is 0.257 e. The first kappa shape index (κ1) is 15.7. The van der Waals surface area contributed by atoms with Gasteiger partial charge in [0.25, 0.3) is 5.91 Å². The quantitative estimate of drug-likeness (QED) is 0.846. The predicted molar refractivity (Wildman–Crippen MR) is 88.7 cm³/mol. The van der Waals surface area contributed by atoms with Crippen LogP contribution in [-0.2, 0) is 0 Å². The summed E-state index contributed by atoms with van der Waals surface area (Å²) in [4.78, 5) is 15.0. The van der Waals surface area contributed by atoms with Gasteiger partial charge >= 0.3 is 0 Å². The molecule has 2 heterocycles. The summed E-state index contributed by atoms with van der Waals surface area (Å²) < 4.78 is 10.6. The molecular formula is C19H23NO3. The van der Waals surface area contributed by atoms with Crippen LogP contribution in [0, 0.1) is 6.92 Å². The molecular weight excluding hydrogens is 290 g/mol. The zero-order chi connectivity index (χ0) is 16.2. The third-order valence-corrected chi connectivity index (χ3v) is 4.60. The number of amides is 1. The molecule has 0 saturated carbocycles. The number of furan rings is 1. The number of ether oxygens (including phenoxy) is 1. The smallest absolute Gasteiger partial charge is 0.257 e. The van der Waals surface area contributed by atoms with Crippen LogP contribution in [0.4, 0.5) is 0 Å². The van der Waals surface area contributed by atoms with E-state index in [2.05, 4.69) is 12.1 Å². The van der Waals surface area contributed by atoms with Crippen molar-refractivity contribution in [3.8, 4) is 5.75 Å². The number of carbonyl (C=O) groups is 1. The van der Waals surface area contributed by atoms with Gasteiger partial charge in [0.15, 0.2) is 0 Å². The van der Waals surface area contributed by atoms with Crippen molar-refractivity contribution in [2.75, 3.05) is 13.7 Å². The average molecular weight is 313 g/mol. The Hall–Kier alpha value is -2.23. The summed E-state index contributed by atoms with van der Waals surface area (Å²) in [7, 11) is 1.66. The molecule has 1 fully saturated rings. The Kier molecular flexibility index (Phi) is 4.70. The van der Waals surface area contributed by atoms with Crippen LogP contribution >= 0.6 is 0 Å². The van der Waals surface area contributed by atoms with Crippen LogP contribution in [0.5, 0.6) is 5.75 Å². The normalized spacial score (nSPS) is 18.5. The van der Waals surface area contributed by atoms with E-state index in [1.165, 1.54) is 12.0 Å². The second-order valence-corrected chi connectivity index (χ2v) is 6.03. The number of benzene rings is 1. The van der Waals surface area contributed by atoms with E-state index in [1.807, 2.05) is 24.0 Å². The first-order chi connectivity index (χ1) is 11.2. The minimum atomic E-state index is 0.0685. The first-order valence-electron chi connectivity index (χ1n) is 8.19.